The molecule has 6 atom stereocenters. The zero-order chi connectivity index (χ0) is 22.5. The van der Waals surface area contributed by atoms with E-state index in [1.165, 1.54) is 0 Å². The summed E-state index contributed by atoms with van der Waals surface area (Å²) >= 11 is 0. The number of hydrogen-bond donors (Lipinski definition) is 4. The predicted molar refractivity (Wildman–Crippen MR) is 105 cm³/mol. The average molecular weight is 410 g/mol. The van der Waals surface area contributed by atoms with Crippen LogP contribution in [0.4, 0.5) is 0 Å². The number of aliphatic hydroxyl groups is 4. The molecule has 0 saturated heterocycles. The van der Waals surface area contributed by atoms with Crippen LogP contribution in [0.25, 0.3) is 0 Å². The van der Waals surface area contributed by atoms with Gasteiger partial charge >= 0.3 is 11.9 Å². The Labute approximate surface area is 170 Å². The predicted octanol–water partition coefficient (Wildman–Crippen LogP) is 0.275. The molecule has 0 spiro atoms. The fourth-order valence-corrected chi connectivity index (χ4v) is 3.79. The van der Waals surface area contributed by atoms with E-state index in [1.807, 2.05) is 0 Å². The van der Waals surface area contributed by atoms with E-state index >= 15 is 0 Å². The van der Waals surface area contributed by atoms with Crippen LogP contribution in [0, 0.1) is 17.3 Å². The molecule has 0 aliphatic heterocycles. The molecule has 1 aliphatic carbocycles. The van der Waals surface area contributed by atoms with Crippen LogP contribution in [0.1, 0.15) is 13.3 Å². The minimum atomic E-state index is -1.51. The van der Waals surface area contributed by atoms with Crippen molar-refractivity contribution in [3.8, 4) is 0 Å². The largest absolute Gasteiger partial charge is 0.466 e. The summed E-state index contributed by atoms with van der Waals surface area (Å²) in [6.45, 7) is 15.3. The third kappa shape index (κ3) is 5.02. The van der Waals surface area contributed by atoms with Crippen LogP contribution < -0.4 is 0 Å². The summed E-state index contributed by atoms with van der Waals surface area (Å²) in [5.41, 5.74) is -0.999. The van der Waals surface area contributed by atoms with Gasteiger partial charge in [0.05, 0.1) is 37.9 Å². The van der Waals surface area contributed by atoms with E-state index in [1.54, 1.807) is 13.0 Å². The van der Waals surface area contributed by atoms with Crippen molar-refractivity contribution in [1.29, 1.82) is 0 Å². The van der Waals surface area contributed by atoms with Crippen LogP contribution in [0.5, 0.6) is 0 Å². The van der Waals surface area contributed by atoms with Crippen molar-refractivity contribution >= 4 is 11.9 Å². The van der Waals surface area contributed by atoms with Crippen molar-refractivity contribution in [1.82, 2.24) is 0 Å². The molecule has 0 aromatic heterocycles. The minimum absolute atomic E-state index is 0.117. The fourth-order valence-electron chi connectivity index (χ4n) is 3.79. The van der Waals surface area contributed by atoms with Gasteiger partial charge in [-0.2, -0.15) is 0 Å². The number of aliphatic hydroxyl groups excluding tert-OH is 4. The highest BCUT2D eigenvalue weighted by molar-refractivity contribution is 5.90. The first kappa shape index (κ1) is 24.8. The zero-order valence-corrected chi connectivity index (χ0v) is 16.8. The van der Waals surface area contributed by atoms with Gasteiger partial charge in [-0.1, -0.05) is 32.7 Å². The number of rotatable bonds is 9. The summed E-state index contributed by atoms with van der Waals surface area (Å²) in [5.74, 6) is -3.54. The number of methoxy groups -OCH3 is 1. The van der Waals surface area contributed by atoms with Crippen molar-refractivity contribution in [2.24, 2.45) is 17.3 Å². The van der Waals surface area contributed by atoms with Gasteiger partial charge in [0.1, 0.15) is 12.2 Å². The molecule has 0 aromatic rings. The molecule has 0 radical (unpaired) electrons. The average Bonchev–Trinajstić information content (AvgIpc) is 2.70. The third-order valence-electron chi connectivity index (χ3n) is 5.52. The fraction of sp³-hybridized carbons (Fsp3) is 0.524. The van der Waals surface area contributed by atoms with Crippen molar-refractivity contribution in [3.63, 3.8) is 0 Å². The summed E-state index contributed by atoms with van der Waals surface area (Å²) in [4.78, 5) is 24.5. The maximum atomic E-state index is 12.4. The summed E-state index contributed by atoms with van der Waals surface area (Å²) in [7, 11) is 1.15. The number of esters is 2. The van der Waals surface area contributed by atoms with Gasteiger partial charge in [0, 0.05) is 11.5 Å². The first-order valence-electron chi connectivity index (χ1n) is 9.05. The highest BCUT2D eigenvalue weighted by Crippen LogP contribution is 2.50. The summed E-state index contributed by atoms with van der Waals surface area (Å²) in [6.07, 6.45) is -2.17. The smallest absolute Gasteiger partial charge is 0.336 e. The number of carbonyl (C=O) groups excluding carboxylic acids is 2. The Morgan fingerprint density at radius 2 is 1.83 bits per heavy atom. The molecule has 1 aliphatic rings. The lowest BCUT2D eigenvalue weighted by Gasteiger charge is -2.50. The van der Waals surface area contributed by atoms with E-state index in [4.69, 9.17) is 14.6 Å². The Morgan fingerprint density at radius 1 is 1.24 bits per heavy atom. The molecular weight excluding hydrogens is 380 g/mol. The number of allylic oxidation sites excluding steroid dienone is 1. The van der Waals surface area contributed by atoms with E-state index < -0.39 is 60.7 Å². The molecule has 8 nitrogen and oxygen atoms in total. The molecule has 1 saturated carbocycles. The Hall–Kier alpha value is -2.26. The maximum Gasteiger partial charge on any atom is 0.336 e. The highest BCUT2D eigenvalue weighted by atomic mass is 16.5. The Kier molecular flexibility index (Phi) is 8.52. The van der Waals surface area contributed by atoms with Crippen LogP contribution in [-0.4, -0.2) is 71.0 Å². The molecule has 8 heteroatoms. The van der Waals surface area contributed by atoms with Gasteiger partial charge in [-0.05, 0) is 17.4 Å². The monoisotopic (exact) mass is 410 g/mol. The number of carbonyl (C=O) groups is 2. The number of ether oxygens (including phenoxy) is 2. The van der Waals surface area contributed by atoms with Gasteiger partial charge in [0.2, 0.25) is 0 Å². The molecular formula is C21H30O8. The minimum Gasteiger partial charge on any atom is -0.466 e. The molecule has 0 heterocycles. The van der Waals surface area contributed by atoms with Gasteiger partial charge in [-0.25, -0.2) is 9.59 Å². The summed E-state index contributed by atoms with van der Waals surface area (Å²) < 4.78 is 10.2. The van der Waals surface area contributed by atoms with Crippen LogP contribution in [0.2, 0.25) is 0 Å². The molecule has 0 bridgehead atoms. The molecule has 0 aromatic carbocycles. The lowest BCUT2D eigenvalue weighted by molar-refractivity contribution is -0.162. The van der Waals surface area contributed by atoms with Crippen LogP contribution in [0.3, 0.4) is 0 Å². The van der Waals surface area contributed by atoms with Crippen molar-refractivity contribution in [3.05, 3.63) is 49.1 Å². The summed E-state index contributed by atoms with van der Waals surface area (Å²) in [5, 5.41) is 39.3. The van der Waals surface area contributed by atoms with Crippen LogP contribution in [0.15, 0.2) is 49.1 Å². The molecule has 1 rings (SSSR count). The highest BCUT2D eigenvalue weighted by Gasteiger charge is 2.53. The maximum absolute atomic E-state index is 12.4. The van der Waals surface area contributed by atoms with E-state index in [-0.39, 0.29) is 17.6 Å². The molecule has 29 heavy (non-hydrogen) atoms. The van der Waals surface area contributed by atoms with E-state index in [9.17, 15) is 24.9 Å². The van der Waals surface area contributed by atoms with E-state index in [2.05, 4.69) is 26.3 Å². The van der Waals surface area contributed by atoms with Crippen LogP contribution >= 0.6 is 0 Å². The second-order valence-corrected chi connectivity index (χ2v) is 7.41. The zero-order valence-electron chi connectivity index (χ0n) is 16.8. The summed E-state index contributed by atoms with van der Waals surface area (Å²) in [6, 6.07) is 0. The number of hydrogen-bond acceptors (Lipinski definition) is 8. The topological polar surface area (TPSA) is 134 Å². The molecule has 4 N–H and O–H groups in total. The molecule has 1 fully saturated rings. The molecule has 0 amide bonds. The first-order chi connectivity index (χ1) is 13.5. The lowest BCUT2D eigenvalue weighted by Crippen LogP contribution is -2.54. The third-order valence-corrected chi connectivity index (χ3v) is 5.52. The first-order valence-corrected chi connectivity index (χ1v) is 9.05. The standard InChI is InChI=1S/C21H30O8/c1-7-21(5)8-15(29-20(27)12(3)14(24)10-23)16(13(4)19(26)28-6)18(25)17(21)11(2)9-22/h7,14-18,22-25H,1-4,8-10H2,5-6H3/t14-,15+,16+,17+,18+,21-/m1/s1. The molecule has 0 unspecified atom stereocenters. The van der Waals surface area contributed by atoms with Gasteiger partial charge in [0.15, 0.2) is 0 Å². The Morgan fingerprint density at radius 3 is 2.28 bits per heavy atom. The van der Waals surface area contributed by atoms with Crippen LogP contribution in [-0.2, 0) is 19.1 Å². The normalized spacial score (nSPS) is 30.0. The van der Waals surface area contributed by atoms with Crippen molar-refractivity contribution < 1.29 is 39.5 Å². The lowest BCUT2D eigenvalue weighted by atomic mass is 9.58. The van der Waals surface area contributed by atoms with Gasteiger partial charge < -0.3 is 29.9 Å². The van der Waals surface area contributed by atoms with E-state index in [0.29, 0.717) is 5.57 Å². The second-order valence-electron chi connectivity index (χ2n) is 7.41. The molecule has 162 valence electrons. The Balaban J connectivity index is 3.38. The van der Waals surface area contributed by atoms with Crippen molar-refractivity contribution in [2.45, 2.75) is 31.7 Å². The van der Waals surface area contributed by atoms with Gasteiger partial charge in [-0.15, -0.1) is 6.58 Å². The van der Waals surface area contributed by atoms with Gasteiger partial charge in [-0.3, -0.25) is 0 Å². The SMILES string of the molecule is C=C[C@]1(C)C[C@H](OC(=O)C(=C)[C@H](O)CO)[C@H](C(=C)C(=O)OC)[C@H](O)[C@@H]1C(=C)CO. The van der Waals surface area contributed by atoms with Gasteiger partial charge in [0.25, 0.3) is 0 Å². The second kappa shape index (κ2) is 9.98. The Bertz CT molecular complexity index is 697. The van der Waals surface area contributed by atoms with E-state index in [0.717, 1.165) is 7.11 Å². The van der Waals surface area contributed by atoms with Crippen molar-refractivity contribution in [2.75, 3.05) is 20.3 Å². The quantitative estimate of drug-likeness (QED) is 0.242.